The summed E-state index contributed by atoms with van der Waals surface area (Å²) in [5, 5.41) is 6.89. The maximum Gasteiger partial charge on any atom is 0.315 e. The van der Waals surface area contributed by atoms with Crippen LogP contribution in [-0.2, 0) is 10.0 Å². The summed E-state index contributed by atoms with van der Waals surface area (Å²) in [7, 11) is -3.16. The second-order valence-corrected chi connectivity index (χ2v) is 8.85. The number of hydrogen-bond acceptors (Lipinski definition) is 4. The number of amides is 2. The Morgan fingerprint density at radius 1 is 1.27 bits per heavy atom. The van der Waals surface area contributed by atoms with Crippen LogP contribution in [0.4, 0.5) is 4.79 Å². The molecule has 1 aliphatic heterocycles. The van der Waals surface area contributed by atoms with E-state index in [0.29, 0.717) is 25.9 Å². The lowest BCUT2D eigenvalue weighted by molar-refractivity contribution is 0.223. The van der Waals surface area contributed by atoms with Crippen molar-refractivity contribution in [1.29, 1.82) is 0 Å². The van der Waals surface area contributed by atoms with E-state index in [1.807, 2.05) is 38.1 Å². The van der Waals surface area contributed by atoms with E-state index < -0.39 is 10.0 Å². The molecule has 142 valence electrons. The Morgan fingerprint density at radius 3 is 2.54 bits per heavy atom. The van der Waals surface area contributed by atoms with Gasteiger partial charge < -0.3 is 15.1 Å². The molecule has 1 atom stereocenters. The maximum atomic E-state index is 12.3. The quantitative estimate of drug-likeness (QED) is 0.854. The molecule has 1 aliphatic rings. The number of fused-ring (bicyclic) bond motifs is 1. The van der Waals surface area contributed by atoms with Crippen molar-refractivity contribution < 1.29 is 17.6 Å². The van der Waals surface area contributed by atoms with Gasteiger partial charge in [-0.2, -0.15) is 0 Å². The Bertz CT molecular complexity index is 898. The minimum Gasteiger partial charge on any atom is -0.459 e. The van der Waals surface area contributed by atoms with Crippen LogP contribution < -0.4 is 10.6 Å². The zero-order chi connectivity index (χ0) is 18.9. The predicted octanol–water partition coefficient (Wildman–Crippen LogP) is 2.53. The second kappa shape index (κ2) is 7.28. The number of nitrogens with zero attached hydrogens (tertiary/aromatic N) is 1. The van der Waals surface area contributed by atoms with Gasteiger partial charge in [0, 0.05) is 30.1 Å². The number of nitrogens with one attached hydrogen (secondary N) is 2. The van der Waals surface area contributed by atoms with Crippen LogP contribution >= 0.6 is 0 Å². The van der Waals surface area contributed by atoms with Crippen LogP contribution in [0.5, 0.6) is 0 Å². The van der Waals surface area contributed by atoms with Gasteiger partial charge in [-0.3, -0.25) is 0 Å². The van der Waals surface area contributed by atoms with Crippen molar-refractivity contribution in [2.75, 3.05) is 19.3 Å². The van der Waals surface area contributed by atoms with Gasteiger partial charge in [-0.25, -0.2) is 17.5 Å². The molecule has 8 heteroatoms. The summed E-state index contributed by atoms with van der Waals surface area (Å²) in [5.74, 6) is 0.744. The fourth-order valence-corrected chi connectivity index (χ4v) is 4.30. The Labute approximate surface area is 153 Å². The third-order valence-corrected chi connectivity index (χ3v) is 6.18. The van der Waals surface area contributed by atoms with Crippen LogP contribution in [0.25, 0.3) is 11.0 Å². The number of sulfonamides is 1. The smallest absolute Gasteiger partial charge is 0.315 e. The first-order valence-corrected chi connectivity index (χ1v) is 10.6. The zero-order valence-corrected chi connectivity index (χ0v) is 16.1. The molecule has 1 fully saturated rings. The molecule has 0 unspecified atom stereocenters. The lowest BCUT2D eigenvalue weighted by Crippen LogP contribution is -2.49. The summed E-state index contributed by atoms with van der Waals surface area (Å²) in [6.45, 7) is 4.73. The van der Waals surface area contributed by atoms with Crippen molar-refractivity contribution >= 4 is 27.0 Å². The highest BCUT2D eigenvalue weighted by atomic mass is 32.2. The molecule has 2 heterocycles. The Balaban J connectivity index is 1.57. The van der Waals surface area contributed by atoms with Crippen LogP contribution in [0.3, 0.4) is 0 Å². The van der Waals surface area contributed by atoms with Crippen LogP contribution in [0, 0.1) is 6.92 Å². The Morgan fingerprint density at radius 2 is 1.92 bits per heavy atom. The largest absolute Gasteiger partial charge is 0.459 e. The standard InChI is InChI=1S/C18H25N3O4S/c1-12-15-6-4-5-7-16(15)25-17(12)13(2)19-18(22)20-14-8-10-21(11-9-14)26(3,23)24/h4-7,13-14H,8-11H2,1-3H3,(H2,19,20,22)/t13-/m0/s1. The van der Waals surface area contributed by atoms with Crippen molar-refractivity contribution in [1.82, 2.24) is 14.9 Å². The van der Waals surface area contributed by atoms with Crippen molar-refractivity contribution in [3.63, 3.8) is 0 Å². The SMILES string of the molecule is Cc1c([C@H](C)NC(=O)NC2CCN(S(C)(=O)=O)CC2)oc2ccccc12. The molecule has 0 bridgehead atoms. The number of benzene rings is 1. The van der Waals surface area contributed by atoms with Gasteiger partial charge in [0.25, 0.3) is 0 Å². The molecular weight excluding hydrogens is 354 g/mol. The fraction of sp³-hybridized carbons (Fsp3) is 0.500. The Kier molecular flexibility index (Phi) is 5.24. The summed E-state index contributed by atoms with van der Waals surface area (Å²) >= 11 is 0. The van der Waals surface area contributed by atoms with E-state index in [0.717, 1.165) is 22.3 Å². The highest BCUT2D eigenvalue weighted by molar-refractivity contribution is 7.88. The lowest BCUT2D eigenvalue weighted by Gasteiger charge is -2.30. The summed E-state index contributed by atoms with van der Waals surface area (Å²) in [6, 6.07) is 7.23. The molecule has 1 aromatic heterocycles. The molecule has 3 rings (SSSR count). The van der Waals surface area contributed by atoms with Gasteiger partial charge in [0.15, 0.2) is 0 Å². The van der Waals surface area contributed by atoms with Gasteiger partial charge in [0.05, 0.1) is 12.3 Å². The number of carbonyl (C=O) groups is 1. The molecule has 1 saturated heterocycles. The van der Waals surface area contributed by atoms with E-state index in [4.69, 9.17) is 4.42 Å². The Hall–Kier alpha value is -2.06. The topological polar surface area (TPSA) is 91.7 Å². The first-order chi connectivity index (χ1) is 12.3. The monoisotopic (exact) mass is 379 g/mol. The van der Waals surface area contributed by atoms with Crippen LogP contribution in [0.2, 0.25) is 0 Å². The minimum atomic E-state index is -3.16. The highest BCUT2D eigenvalue weighted by Crippen LogP contribution is 2.29. The van der Waals surface area contributed by atoms with Gasteiger partial charge in [-0.1, -0.05) is 18.2 Å². The third-order valence-electron chi connectivity index (χ3n) is 4.88. The lowest BCUT2D eigenvalue weighted by atomic mass is 10.1. The molecule has 1 aromatic carbocycles. The van der Waals surface area contributed by atoms with Crippen molar-refractivity contribution in [2.45, 2.75) is 38.8 Å². The first kappa shape index (κ1) is 18.7. The molecule has 26 heavy (non-hydrogen) atoms. The predicted molar refractivity (Wildman–Crippen MR) is 100 cm³/mol. The van der Waals surface area contributed by atoms with Gasteiger partial charge in [-0.05, 0) is 32.8 Å². The molecular formula is C18H25N3O4S. The molecule has 2 aromatic rings. The molecule has 0 aliphatic carbocycles. The molecule has 0 spiro atoms. The summed E-state index contributed by atoms with van der Waals surface area (Å²) in [6.07, 6.45) is 2.43. The van der Waals surface area contributed by atoms with E-state index >= 15 is 0 Å². The average molecular weight is 379 g/mol. The number of piperidine rings is 1. The third kappa shape index (κ3) is 4.02. The number of rotatable bonds is 4. The molecule has 7 nitrogen and oxygen atoms in total. The van der Waals surface area contributed by atoms with E-state index in [-0.39, 0.29) is 18.1 Å². The van der Waals surface area contributed by atoms with Crippen LogP contribution in [0.1, 0.15) is 37.1 Å². The van der Waals surface area contributed by atoms with Gasteiger partial charge in [-0.15, -0.1) is 0 Å². The van der Waals surface area contributed by atoms with E-state index in [1.54, 1.807) is 0 Å². The number of hydrogen-bond donors (Lipinski definition) is 2. The molecule has 0 radical (unpaired) electrons. The molecule has 2 N–H and O–H groups in total. The number of para-hydroxylation sites is 1. The average Bonchev–Trinajstić information content (AvgIpc) is 2.92. The van der Waals surface area contributed by atoms with Crippen molar-refractivity contribution in [3.05, 3.63) is 35.6 Å². The molecule has 0 saturated carbocycles. The minimum absolute atomic E-state index is 0.0306. The summed E-state index contributed by atoms with van der Waals surface area (Å²) < 4.78 is 30.4. The van der Waals surface area contributed by atoms with E-state index in [1.165, 1.54) is 10.6 Å². The van der Waals surface area contributed by atoms with Crippen LogP contribution in [0.15, 0.2) is 28.7 Å². The van der Waals surface area contributed by atoms with E-state index in [9.17, 15) is 13.2 Å². The number of urea groups is 1. The summed E-state index contributed by atoms with van der Waals surface area (Å²) in [5.41, 5.74) is 1.83. The maximum absolute atomic E-state index is 12.3. The van der Waals surface area contributed by atoms with Gasteiger partial charge in [0.1, 0.15) is 11.3 Å². The number of carbonyl (C=O) groups excluding carboxylic acids is 1. The highest BCUT2D eigenvalue weighted by Gasteiger charge is 2.26. The zero-order valence-electron chi connectivity index (χ0n) is 15.3. The number of aryl methyl sites for hydroxylation is 1. The van der Waals surface area contributed by atoms with Crippen molar-refractivity contribution in [2.24, 2.45) is 0 Å². The van der Waals surface area contributed by atoms with E-state index in [2.05, 4.69) is 10.6 Å². The summed E-state index contributed by atoms with van der Waals surface area (Å²) in [4.78, 5) is 12.3. The van der Waals surface area contributed by atoms with Crippen molar-refractivity contribution in [3.8, 4) is 0 Å². The molecule has 2 amide bonds. The number of furan rings is 1. The van der Waals surface area contributed by atoms with Gasteiger partial charge in [0.2, 0.25) is 10.0 Å². The normalized spacial score (nSPS) is 18.0. The van der Waals surface area contributed by atoms with Crippen LogP contribution in [-0.4, -0.2) is 44.1 Å². The van der Waals surface area contributed by atoms with Gasteiger partial charge >= 0.3 is 6.03 Å². The first-order valence-electron chi connectivity index (χ1n) is 8.76. The second-order valence-electron chi connectivity index (χ2n) is 6.86. The fourth-order valence-electron chi connectivity index (χ4n) is 3.43.